The van der Waals surface area contributed by atoms with Crippen molar-refractivity contribution in [2.75, 3.05) is 20.2 Å². The summed E-state index contributed by atoms with van der Waals surface area (Å²) in [6, 6.07) is 5.69. The second kappa shape index (κ2) is 10.0. The largest absolute Gasteiger partial charge is 0.465 e. The quantitative estimate of drug-likeness (QED) is 0.715. The fourth-order valence-electron chi connectivity index (χ4n) is 2.22. The summed E-state index contributed by atoms with van der Waals surface area (Å²) in [5, 5.41) is 3.29. The smallest absolute Gasteiger partial charge is 0.325 e. The number of hydrogen-bond acceptors (Lipinski definition) is 4. The van der Waals surface area contributed by atoms with Crippen molar-refractivity contribution in [1.29, 1.82) is 0 Å². The molecule has 2 unspecified atom stereocenters. The summed E-state index contributed by atoms with van der Waals surface area (Å²) >= 11 is 5.82. The van der Waals surface area contributed by atoms with Crippen LogP contribution in [-0.2, 0) is 14.3 Å². The topological polar surface area (TPSA) is 75.7 Å². The van der Waals surface area contributed by atoms with Crippen LogP contribution in [0.4, 0.5) is 0 Å². The van der Waals surface area contributed by atoms with Crippen molar-refractivity contribution in [1.82, 2.24) is 10.2 Å². The zero-order chi connectivity index (χ0) is 19.0. The maximum Gasteiger partial charge on any atom is 0.325 e. The first-order valence-corrected chi connectivity index (χ1v) is 8.64. The number of amides is 2. The second-order valence-electron chi connectivity index (χ2n) is 5.84. The fraction of sp³-hybridized carbons (Fsp3) is 0.500. The highest BCUT2D eigenvalue weighted by Crippen LogP contribution is 2.13. The number of ether oxygens (including phenoxy) is 1. The van der Waals surface area contributed by atoms with E-state index in [4.69, 9.17) is 16.3 Å². The van der Waals surface area contributed by atoms with E-state index >= 15 is 0 Å². The highest BCUT2D eigenvalue weighted by Gasteiger charge is 2.29. The van der Waals surface area contributed by atoms with Crippen molar-refractivity contribution in [2.24, 2.45) is 5.92 Å². The van der Waals surface area contributed by atoms with Crippen LogP contribution in [0.1, 0.15) is 37.6 Å². The number of esters is 1. The third kappa shape index (κ3) is 6.38. The van der Waals surface area contributed by atoms with Crippen LogP contribution >= 0.6 is 11.6 Å². The number of hydrogen-bond donors (Lipinski definition) is 1. The molecule has 25 heavy (non-hydrogen) atoms. The lowest BCUT2D eigenvalue weighted by Gasteiger charge is -2.27. The molecule has 0 bridgehead atoms. The molecule has 6 nitrogen and oxygen atoms in total. The van der Waals surface area contributed by atoms with Crippen molar-refractivity contribution in [3.05, 3.63) is 34.9 Å². The molecule has 1 aromatic carbocycles. The third-order valence-corrected chi connectivity index (χ3v) is 4.17. The molecule has 0 aromatic heterocycles. The van der Waals surface area contributed by atoms with E-state index in [9.17, 15) is 14.4 Å². The minimum absolute atomic E-state index is 0.0894. The molecule has 2 amide bonds. The van der Waals surface area contributed by atoms with E-state index in [0.29, 0.717) is 17.0 Å². The van der Waals surface area contributed by atoms with Gasteiger partial charge in [-0.25, -0.2) is 0 Å². The van der Waals surface area contributed by atoms with Gasteiger partial charge in [-0.2, -0.15) is 0 Å². The van der Waals surface area contributed by atoms with Gasteiger partial charge in [0.2, 0.25) is 5.91 Å². The van der Waals surface area contributed by atoms with Crippen molar-refractivity contribution >= 4 is 29.4 Å². The van der Waals surface area contributed by atoms with Crippen LogP contribution < -0.4 is 5.32 Å². The minimum Gasteiger partial charge on any atom is -0.465 e. The molecule has 138 valence electrons. The number of carbonyl (C=O) groups is 3. The highest BCUT2D eigenvalue weighted by molar-refractivity contribution is 6.30. The van der Waals surface area contributed by atoms with Gasteiger partial charge in [0.1, 0.15) is 12.6 Å². The molecule has 0 saturated carbocycles. The van der Waals surface area contributed by atoms with E-state index in [1.54, 1.807) is 31.2 Å². The molecule has 1 rings (SSSR count). The summed E-state index contributed by atoms with van der Waals surface area (Å²) < 4.78 is 4.86. The summed E-state index contributed by atoms with van der Waals surface area (Å²) in [6.07, 6.45) is 0.699. The van der Waals surface area contributed by atoms with E-state index in [0.717, 1.165) is 0 Å². The zero-order valence-electron chi connectivity index (χ0n) is 15.0. The van der Waals surface area contributed by atoms with Crippen LogP contribution in [0.3, 0.4) is 0 Å². The molecule has 1 aromatic rings. The third-order valence-electron chi connectivity index (χ3n) is 3.92. The number of nitrogens with zero attached hydrogens (tertiary/aromatic N) is 1. The van der Waals surface area contributed by atoms with Crippen molar-refractivity contribution in [2.45, 2.75) is 33.2 Å². The molecule has 0 aliphatic rings. The number of halogens is 1. The normalized spacial score (nSPS) is 12.8. The van der Waals surface area contributed by atoms with Gasteiger partial charge >= 0.3 is 5.97 Å². The summed E-state index contributed by atoms with van der Waals surface area (Å²) in [5.41, 5.74) is 0.415. The van der Waals surface area contributed by atoms with Gasteiger partial charge in [-0.1, -0.05) is 31.9 Å². The van der Waals surface area contributed by atoms with E-state index in [-0.39, 0.29) is 30.9 Å². The second-order valence-corrected chi connectivity index (χ2v) is 6.28. The molecule has 1 N–H and O–H groups in total. The Labute approximate surface area is 153 Å². The summed E-state index contributed by atoms with van der Waals surface area (Å²) in [7, 11) is 1.52. The molecule has 2 atom stereocenters. The lowest BCUT2D eigenvalue weighted by molar-refractivity contribution is -0.149. The lowest BCUT2D eigenvalue weighted by Crippen LogP contribution is -2.51. The van der Waals surface area contributed by atoms with Crippen molar-refractivity contribution in [3.63, 3.8) is 0 Å². The molecular weight excluding hydrogens is 344 g/mol. The molecule has 0 saturated heterocycles. The van der Waals surface area contributed by atoms with Crippen LogP contribution in [0.5, 0.6) is 0 Å². The Morgan fingerprint density at radius 3 is 2.32 bits per heavy atom. The van der Waals surface area contributed by atoms with Crippen LogP contribution in [0.15, 0.2) is 24.3 Å². The average molecular weight is 369 g/mol. The van der Waals surface area contributed by atoms with Crippen molar-refractivity contribution < 1.29 is 19.1 Å². The van der Waals surface area contributed by atoms with E-state index in [1.807, 2.05) is 13.8 Å². The Hall–Kier alpha value is -2.08. The van der Waals surface area contributed by atoms with Gasteiger partial charge in [-0.15, -0.1) is 0 Å². The zero-order valence-corrected chi connectivity index (χ0v) is 15.8. The summed E-state index contributed by atoms with van der Waals surface area (Å²) in [5.74, 6) is -1.26. The monoisotopic (exact) mass is 368 g/mol. The van der Waals surface area contributed by atoms with Gasteiger partial charge in [-0.3, -0.25) is 14.4 Å². The molecular formula is C18H25ClN2O4. The molecule has 0 aliphatic heterocycles. The van der Waals surface area contributed by atoms with Crippen LogP contribution in [0, 0.1) is 5.92 Å². The van der Waals surface area contributed by atoms with E-state index in [2.05, 4.69) is 5.32 Å². The maximum absolute atomic E-state index is 12.7. The van der Waals surface area contributed by atoms with Gasteiger partial charge in [-0.05, 0) is 37.1 Å². The Balaban J connectivity index is 2.85. The highest BCUT2D eigenvalue weighted by atomic mass is 35.5. The van der Waals surface area contributed by atoms with Gasteiger partial charge in [0.25, 0.3) is 5.91 Å². The minimum atomic E-state index is -0.729. The fourth-order valence-corrected chi connectivity index (χ4v) is 2.35. The molecule has 0 radical (unpaired) electrons. The van der Waals surface area contributed by atoms with E-state index < -0.39 is 12.0 Å². The summed E-state index contributed by atoms with van der Waals surface area (Å²) in [4.78, 5) is 38.0. The first-order chi connectivity index (χ1) is 11.8. The predicted molar refractivity (Wildman–Crippen MR) is 96.4 cm³/mol. The SMILES string of the molecule is CCOC(=O)CN(C)C(=O)C(NC(=O)c1ccc(Cl)cc1)C(C)CC. The van der Waals surface area contributed by atoms with Gasteiger partial charge in [0.05, 0.1) is 6.61 Å². The van der Waals surface area contributed by atoms with Gasteiger partial charge in [0, 0.05) is 17.6 Å². The Bertz CT molecular complexity index is 604. The lowest BCUT2D eigenvalue weighted by atomic mass is 9.97. The standard InChI is InChI=1S/C18H25ClN2O4/c1-5-12(3)16(18(24)21(4)11-15(22)25-6-2)20-17(23)13-7-9-14(19)10-8-13/h7-10,12,16H,5-6,11H2,1-4H3,(H,20,23). The first kappa shape index (κ1) is 21.0. The number of carbonyl (C=O) groups excluding carboxylic acids is 3. The van der Waals surface area contributed by atoms with Crippen LogP contribution in [0.2, 0.25) is 5.02 Å². The first-order valence-electron chi connectivity index (χ1n) is 8.27. The van der Waals surface area contributed by atoms with Crippen LogP contribution in [-0.4, -0.2) is 48.9 Å². The predicted octanol–water partition coefficient (Wildman–Crippen LogP) is 2.51. The van der Waals surface area contributed by atoms with E-state index in [1.165, 1.54) is 11.9 Å². The molecule has 7 heteroatoms. The van der Waals surface area contributed by atoms with Gasteiger partial charge < -0.3 is 15.0 Å². The molecule has 0 fully saturated rings. The Morgan fingerprint density at radius 1 is 1.20 bits per heavy atom. The Kier molecular flexibility index (Phi) is 8.41. The number of nitrogens with one attached hydrogen (secondary N) is 1. The van der Waals surface area contributed by atoms with Crippen molar-refractivity contribution in [3.8, 4) is 0 Å². The average Bonchev–Trinajstić information content (AvgIpc) is 2.58. The number of benzene rings is 1. The van der Waals surface area contributed by atoms with Gasteiger partial charge in [0.15, 0.2) is 0 Å². The van der Waals surface area contributed by atoms with Crippen LogP contribution in [0.25, 0.3) is 0 Å². The molecule has 0 heterocycles. The molecule has 0 spiro atoms. The Morgan fingerprint density at radius 2 is 1.80 bits per heavy atom. The number of rotatable bonds is 8. The number of likely N-dealkylation sites (N-methyl/N-ethyl adjacent to an activating group) is 1. The maximum atomic E-state index is 12.7. The summed E-state index contributed by atoms with van der Waals surface area (Å²) in [6.45, 7) is 5.61. The molecule has 0 aliphatic carbocycles.